The zero-order valence-corrected chi connectivity index (χ0v) is 15.5. The van der Waals surface area contributed by atoms with Crippen molar-refractivity contribution in [3.63, 3.8) is 0 Å². The van der Waals surface area contributed by atoms with Crippen LogP contribution < -0.4 is 0 Å². The number of aromatic nitrogens is 2. The number of imidazole rings is 1. The maximum atomic E-state index is 12.3. The molecule has 1 aromatic carbocycles. The van der Waals surface area contributed by atoms with E-state index in [0.717, 1.165) is 9.82 Å². The van der Waals surface area contributed by atoms with E-state index in [1.807, 2.05) is 11.5 Å². The first-order chi connectivity index (χ1) is 12.3. The van der Waals surface area contributed by atoms with Gasteiger partial charge in [-0.1, -0.05) is 0 Å². The highest BCUT2D eigenvalue weighted by molar-refractivity contribution is 7.89. The standard InChI is InChI=1S/C17H19N3O5S/c1-4-20-14-8-7-12(26(22,23)19(2)3)10-13(14)18-16(20)11-25-17(21)15-6-5-9-24-15/h5-10H,4,11H2,1-3H3. The van der Waals surface area contributed by atoms with Crippen LogP contribution >= 0.6 is 0 Å². The number of hydrogen-bond acceptors (Lipinski definition) is 6. The third kappa shape index (κ3) is 3.23. The Morgan fingerprint density at radius 3 is 2.69 bits per heavy atom. The van der Waals surface area contributed by atoms with E-state index in [2.05, 4.69) is 4.98 Å². The molecule has 8 nitrogen and oxygen atoms in total. The van der Waals surface area contributed by atoms with Crippen LogP contribution in [0.5, 0.6) is 0 Å². The van der Waals surface area contributed by atoms with Crippen LogP contribution in [0.15, 0.2) is 45.9 Å². The molecular weight excluding hydrogens is 358 g/mol. The van der Waals surface area contributed by atoms with Crippen molar-refractivity contribution in [3.05, 3.63) is 48.2 Å². The molecule has 2 aromatic heterocycles. The second kappa shape index (κ2) is 6.93. The van der Waals surface area contributed by atoms with E-state index in [0.29, 0.717) is 17.9 Å². The zero-order chi connectivity index (χ0) is 18.9. The fraction of sp³-hybridized carbons (Fsp3) is 0.294. The summed E-state index contributed by atoms with van der Waals surface area (Å²) in [6, 6.07) is 7.90. The van der Waals surface area contributed by atoms with Gasteiger partial charge in [-0.15, -0.1) is 0 Å². The normalized spacial score (nSPS) is 12.0. The van der Waals surface area contributed by atoms with Crippen molar-refractivity contribution >= 4 is 27.0 Å². The van der Waals surface area contributed by atoms with E-state index in [1.54, 1.807) is 18.2 Å². The summed E-state index contributed by atoms with van der Waals surface area (Å²) < 4.78 is 37.9. The molecule has 9 heteroatoms. The maximum Gasteiger partial charge on any atom is 0.374 e. The fourth-order valence-corrected chi connectivity index (χ4v) is 3.51. The van der Waals surface area contributed by atoms with Crippen molar-refractivity contribution in [2.45, 2.75) is 25.0 Å². The topological polar surface area (TPSA) is 94.6 Å². The summed E-state index contributed by atoms with van der Waals surface area (Å²) in [5.41, 5.74) is 1.30. The highest BCUT2D eigenvalue weighted by Crippen LogP contribution is 2.22. The van der Waals surface area contributed by atoms with Crippen molar-refractivity contribution < 1.29 is 22.4 Å². The van der Waals surface area contributed by atoms with Gasteiger partial charge >= 0.3 is 5.97 Å². The molecule has 0 fully saturated rings. The van der Waals surface area contributed by atoms with Crippen LogP contribution in [0.4, 0.5) is 0 Å². The van der Waals surface area contributed by atoms with Gasteiger partial charge < -0.3 is 13.7 Å². The van der Waals surface area contributed by atoms with Crippen LogP contribution in [-0.4, -0.2) is 42.3 Å². The predicted octanol–water partition coefficient (Wildman–Crippen LogP) is 2.26. The molecule has 0 spiro atoms. The van der Waals surface area contributed by atoms with Gasteiger partial charge in [0.25, 0.3) is 0 Å². The zero-order valence-electron chi connectivity index (χ0n) is 14.7. The molecule has 3 rings (SSSR count). The number of rotatable bonds is 6. The van der Waals surface area contributed by atoms with E-state index in [4.69, 9.17) is 9.15 Å². The maximum absolute atomic E-state index is 12.3. The van der Waals surface area contributed by atoms with Crippen LogP contribution in [0.3, 0.4) is 0 Å². The molecular formula is C17H19N3O5S. The summed E-state index contributed by atoms with van der Waals surface area (Å²) in [7, 11) is -0.596. The second-order valence-electron chi connectivity index (χ2n) is 5.76. The molecule has 0 amide bonds. The SMILES string of the molecule is CCn1c(COC(=O)c2ccco2)nc2cc(S(=O)(=O)N(C)C)ccc21. The van der Waals surface area contributed by atoms with E-state index in [1.165, 1.54) is 32.5 Å². The number of carbonyl (C=O) groups excluding carboxylic acids is 1. The number of furan rings is 1. The molecule has 26 heavy (non-hydrogen) atoms. The van der Waals surface area contributed by atoms with Gasteiger partial charge in [-0.2, -0.15) is 0 Å². The van der Waals surface area contributed by atoms with Crippen molar-refractivity contribution in [1.82, 2.24) is 13.9 Å². The van der Waals surface area contributed by atoms with Gasteiger partial charge in [0.1, 0.15) is 12.4 Å². The van der Waals surface area contributed by atoms with Crippen molar-refractivity contribution in [2.24, 2.45) is 0 Å². The van der Waals surface area contributed by atoms with Gasteiger partial charge in [-0.05, 0) is 37.3 Å². The molecule has 138 valence electrons. The first-order valence-electron chi connectivity index (χ1n) is 7.97. The van der Waals surface area contributed by atoms with E-state index in [-0.39, 0.29) is 17.3 Å². The molecule has 0 N–H and O–H groups in total. The molecule has 0 atom stereocenters. The molecule has 3 aromatic rings. The Morgan fingerprint density at radius 1 is 1.31 bits per heavy atom. The van der Waals surface area contributed by atoms with E-state index in [9.17, 15) is 13.2 Å². The number of sulfonamides is 1. The lowest BCUT2D eigenvalue weighted by molar-refractivity contribution is 0.0422. The first-order valence-corrected chi connectivity index (χ1v) is 9.41. The lowest BCUT2D eigenvalue weighted by Gasteiger charge is -2.11. The Balaban J connectivity index is 1.92. The Labute approximate surface area is 151 Å². The Bertz CT molecular complexity index is 1040. The minimum Gasteiger partial charge on any atom is -0.457 e. The summed E-state index contributed by atoms with van der Waals surface area (Å²) in [4.78, 5) is 16.5. The number of esters is 1. The molecule has 0 saturated carbocycles. The summed E-state index contributed by atoms with van der Waals surface area (Å²) in [6.45, 7) is 2.49. The smallest absolute Gasteiger partial charge is 0.374 e. The van der Waals surface area contributed by atoms with E-state index >= 15 is 0 Å². The first kappa shape index (κ1) is 18.2. The van der Waals surface area contributed by atoms with Gasteiger partial charge in [0, 0.05) is 20.6 Å². The van der Waals surface area contributed by atoms with Gasteiger partial charge in [-0.3, -0.25) is 0 Å². The molecule has 2 heterocycles. The minimum atomic E-state index is -3.55. The highest BCUT2D eigenvalue weighted by atomic mass is 32.2. The Hall–Kier alpha value is -2.65. The second-order valence-corrected chi connectivity index (χ2v) is 7.92. The van der Waals surface area contributed by atoms with Crippen LogP contribution in [0, 0.1) is 0 Å². The molecule has 0 unspecified atom stereocenters. The number of fused-ring (bicyclic) bond motifs is 1. The number of carbonyl (C=O) groups is 1. The summed E-state index contributed by atoms with van der Waals surface area (Å²) in [6.07, 6.45) is 1.39. The van der Waals surface area contributed by atoms with Gasteiger partial charge in [0.2, 0.25) is 15.8 Å². The van der Waals surface area contributed by atoms with Crippen LogP contribution in [0.25, 0.3) is 11.0 Å². The molecule has 0 bridgehead atoms. The average Bonchev–Trinajstić information content (AvgIpc) is 3.26. The van der Waals surface area contributed by atoms with Crippen molar-refractivity contribution in [1.29, 1.82) is 0 Å². The average molecular weight is 377 g/mol. The number of ether oxygens (including phenoxy) is 1. The molecule has 0 aliphatic rings. The van der Waals surface area contributed by atoms with Crippen molar-refractivity contribution in [2.75, 3.05) is 14.1 Å². The molecule has 0 saturated heterocycles. The molecule has 0 aliphatic carbocycles. The van der Waals surface area contributed by atoms with E-state index < -0.39 is 16.0 Å². The Kier molecular flexibility index (Phi) is 4.84. The number of aryl methyl sites for hydroxylation is 1. The quantitative estimate of drug-likeness (QED) is 0.612. The third-order valence-corrected chi connectivity index (χ3v) is 5.76. The van der Waals surface area contributed by atoms with Crippen LogP contribution in [-0.2, 0) is 27.9 Å². The number of hydrogen-bond donors (Lipinski definition) is 0. The lowest BCUT2D eigenvalue weighted by Crippen LogP contribution is -2.22. The summed E-state index contributed by atoms with van der Waals surface area (Å²) >= 11 is 0. The monoisotopic (exact) mass is 377 g/mol. The third-order valence-electron chi connectivity index (χ3n) is 3.95. The molecule has 0 aliphatic heterocycles. The minimum absolute atomic E-state index is 0.0438. The highest BCUT2D eigenvalue weighted by Gasteiger charge is 2.20. The lowest BCUT2D eigenvalue weighted by atomic mass is 10.3. The van der Waals surface area contributed by atoms with Gasteiger partial charge in [0.05, 0.1) is 22.2 Å². The number of benzene rings is 1. The molecule has 0 radical (unpaired) electrons. The summed E-state index contributed by atoms with van der Waals surface area (Å²) in [5.74, 6) is 0.0610. The van der Waals surface area contributed by atoms with Crippen LogP contribution in [0.1, 0.15) is 23.3 Å². The van der Waals surface area contributed by atoms with Crippen molar-refractivity contribution in [3.8, 4) is 0 Å². The fourth-order valence-electron chi connectivity index (χ4n) is 2.59. The largest absolute Gasteiger partial charge is 0.457 e. The Morgan fingerprint density at radius 2 is 2.08 bits per heavy atom. The van der Waals surface area contributed by atoms with Gasteiger partial charge in [0.15, 0.2) is 0 Å². The summed E-state index contributed by atoms with van der Waals surface area (Å²) in [5, 5.41) is 0. The number of nitrogens with zero attached hydrogens (tertiary/aromatic N) is 3. The van der Waals surface area contributed by atoms with Gasteiger partial charge in [-0.25, -0.2) is 22.5 Å². The van der Waals surface area contributed by atoms with Crippen LogP contribution in [0.2, 0.25) is 0 Å². The predicted molar refractivity (Wildman–Crippen MR) is 94.1 cm³/mol.